The maximum Gasteiger partial charge on any atom is 0.304 e. The van der Waals surface area contributed by atoms with Gasteiger partial charge in [0.2, 0.25) is 0 Å². The van der Waals surface area contributed by atoms with Crippen LogP contribution in [0.1, 0.15) is 24.8 Å². The van der Waals surface area contributed by atoms with Gasteiger partial charge in [-0.1, -0.05) is 17.8 Å². The molecule has 16 heavy (non-hydrogen) atoms. The van der Waals surface area contributed by atoms with Crippen LogP contribution in [-0.2, 0) is 10.2 Å². The molecular formula is C12H12O3S. The lowest BCUT2D eigenvalue weighted by Crippen LogP contribution is -2.12. The molecule has 3 nitrogen and oxygen atoms in total. The standard InChI is InChI=1S/C12H12O3S/c13-11(14)6-12(3-4-12)8-1-2-10-9(5-8)15-7-16-10/h1-2,5H,3-4,6-7H2,(H,13,14). The summed E-state index contributed by atoms with van der Waals surface area (Å²) in [6.45, 7) is 0. The summed E-state index contributed by atoms with van der Waals surface area (Å²) in [4.78, 5) is 12.0. The highest BCUT2D eigenvalue weighted by atomic mass is 32.2. The van der Waals surface area contributed by atoms with Crippen molar-refractivity contribution < 1.29 is 14.6 Å². The monoisotopic (exact) mass is 236 g/mol. The molecule has 2 aliphatic rings. The average Bonchev–Trinajstić information content (AvgIpc) is 2.87. The van der Waals surface area contributed by atoms with E-state index in [9.17, 15) is 4.79 Å². The van der Waals surface area contributed by atoms with E-state index in [1.165, 1.54) is 0 Å². The van der Waals surface area contributed by atoms with Crippen molar-refractivity contribution >= 4 is 17.7 Å². The third-order valence-corrected chi connectivity index (χ3v) is 4.21. The van der Waals surface area contributed by atoms with Crippen LogP contribution < -0.4 is 4.74 Å². The molecule has 0 bridgehead atoms. The molecule has 0 atom stereocenters. The fourth-order valence-electron chi connectivity index (χ4n) is 2.23. The second kappa shape index (κ2) is 3.42. The SMILES string of the molecule is O=C(O)CC1(c2ccc3c(c2)OCS3)CC1. The molecular weight excluding hydrogens is 224 g/mol. The fraction of sp³-hybridized carbons (Fsp3) is 0.417. The Labute approximate surface area is 97.8 Å². The molecule has 1 saturated carbocycles. The largest absolute Gasteiger partial charge is 0.481 e. The van der Waals surface area contributed by atoms with Gasteiger partial charge in [-0.2, -0.15) is 0 Å². The molecule has 0 spiro atoms. The van der Waals surface area contributed by atoms with Crippen molar-refractivity contribution in [3.05, 3.63) is 23.8 Å². The number of carbonyl (C=O) groups is 1. The Balaban J connectivity index is 1.92. The van der Waals surface area contributed by atoms with Gasteiger partial charge in [-0.3, -0.25) is 4.79 Å². The Morgan fingerprint density at radius 1 is 1.50 bits per heavy atom. The lowest BCUT2D eigenvalue weighted by molar-refractivity contribution is -0.137. The molecule has 1 aromatic carbocycles. The number of rotatable bonds is 3. The molecule has 1 aliphatic heterocycles. The number of carboxylic acids is 1. The van der Waals surface area contributed by atoms with Crippen LogP contribution in [0.15, 0.2) is 23.1 Å². The Kier molecular flexibility index (Phi) is 2.14. The van der Waals surface area contributed by atoms with Crippen LogP contribution in [0.3, 0.4) is 0 Å². The highest BCUT2D eigenvalue weighted by Crippen LogP contribution is 2.52. The van der Waals surface area contributed by atoms with E-state index in [1.54, 1.807) is 11.8 Å². The third-order valence-electron chi connectivity index (χ3n) is 3.33. The van der Waals surface area contributed by atoms with E-state index in [4.69, 9.17) is 9.84 Å². The molecule has 0 aromatic heterocycles. The summed E-state index contributed by atoms with van der Waals surface area (Å²) in [5.41, 5.74) is 1.01. The molecule has 1 heterocycles. The van der Waals surface area contributed by atoms with Crippen molar-refractivity contribution in [2.75, 3.05) is 5.94 Å². The minimum absolute atomic E-state index is 0.114. The number of benzene rings is 1. The van der Waals surface area contributed by atoms with Gasteiger partial charge in [0.1, 0.15) is 11.7 Å². The smallest absolute Gasteiger partial charge is 0.304 e. The second-order valence-electron chi connectivity index (χ2n) is 4.42. The van der Waals surface area contributed by atoms with Crippen molar-refractivity contribution in [2.24, 2.45) is 0 Å². The highest BCUT2D eigenvalue weighted by molar-refractivity contribution is 7.99. The van der Waals surface area contributed by atoms with Crippen molar-refractivity contribution in [3.63, 3.8) is 0 Å². The van der Waals surface area contributed by atoms with Gasteiger partial charge in [-0.05, 0) is 30.5 Å². The Morgan fingerprint density at radius 3 is 3.00 bits per heavy atom. The molecule has 1 aromatic rings. The van der Waals surface area contributed by atoms with E-state index < -0.39 is 5.97 Å². The van der Waals surface area contributed by atoms with Gasteiger partial charge >= 0.3 is 5.97 Å². The van der Waals surface area contributed by atoms with E-state index in [1.807, 2.05) is 12.1 Å². The predicted molar refractivity (Wildman–Crippen MR) is 61.0 cm³/mol. The van der Waals surface area contributed by atoms with Gasteiger partial charge in [0.15, 0.2) is 0 Å². The predicted octanol–water partition coefficient (Wildman–Crippen LogP) is 2.63. The van der Waals surface area contributed by atoms with Crippen LogP contribution in [0.5, 0.6) is 5.75 Å². The zero-order valence-corrected chi connectivity index (χ0v) is 9.55. The van der Waals surface area contributed by atoms with Crippen molar-refractivity contribution in [1.82, 2.24) is 0 Å². The molecule has 0 unspecified atom stereocenters. The first kappa shape index (κ1) is 10.0. The van der Waals surface area contributed by atoms with Crippen LogP contribution >= 0.6 is 11.8 Å². The second-order valence-corrected chi connectivity index (χ2v) is 5.38. The summed E-state index contributed by atoms with van der Waals surface area (Å²) >= 11 is 1.68. The van der Waals surface area contributed by atoms with Crippen molar-refractivity contribution in [2.45, 2.75) is 29.6 Å². The molecule has 4 heteroatoms. The van der Waals surface area contributed by atoms with E-state index in [0.29, 0.717) is 5.94 Å². The topological polar surface area (TPSA) is 46.5 Å². The minimum atomic E-state index is -0.715. The van der Waals surface area contributed by atoms with Gasteiger partial charge in [-0.15, -0.1) is 0 Å². The Bertz CT molecular complexity index is 452. The number of hydrogen-bond donors (Lipinski definition) is 1. The summed E-state index contributed by atoms with van der Waals surface area (Å²) in [5.74, 6) is 0.873. The number of fused-ring (bicyclic) bond motifs is 1. The molecule has 0 radical (unpaired) electrons. The van der Waals surface area contributed by atoms with Gasteiger partial charge < -0.3 is 9.84 Å². The normalized spacial score (nSPS) is 20.0. The van der Waals surface area contributed by atoms with E-state index >= 15 is 0 Å². The van der Waals surface area contributed by atoms with Crippen LogP contribution in [0.2, 0.25) is 0 Å². The molecule has 1 aliphatic carbocycles. The summed E-state index contributed by atoms with van der Waals surface area (Å²) < 4.78 is 5.48. The Hall–Kier alpha value is -1.16. The first-order chi connectivity index (χ1) is 7.70. The maximum atomic E-state index is 10.8. The Morgan fingerprint density at radius 2 is 2.31 bits per heavy atom. The number of hydrogen-bond acceptors (Lipinski definition) is 3. The first-order valence-electron chi connectivity index (χ1n) is 5.32. The minimum Gasteiger partial charge on any atom is -0.481 e. The van der Waals surface area contributed by atoms with E-state index in [2.05, 4.69) is 6.07 Å². The van der Waals surface area contributed by atoms with Crippen LogP contribution in [0.25, 0.3) is 0 Å². The fourth-order valence-corrected chi connectivity index (χ4v) is 2.97. The number of carboxylic acid groups (broad SMARTS) is 1. The van der Waals surface area contributed by atoms with Crippen LogP contribution in [0, 0.1) is 0 Å². The van der Waals surface area contributed by atoms with Crippen molar-refractivity contribution in [1.29, 1.82) is 0 Å². The van der Waals surface area contributed by atoms with Gasteiger partial charge in [0.25, 0.3) is 0 Å². The van der Waals surface area contributed by atoms with Gasteiger partial charge in [0.05, 0.1) is 11.3 Å². The van der Waals surface area contributed by atoms with Gasteiger partial charge in [-0.25, -0.2) is 0 Å². The van der Waals surface area contributed by atoms with Crippen LogP contribution in [0.4, 0.5) is 0 Å². The lowest BCUT2D eigenvalue weighted by atomic mass is 9.92. The molecule has 0 amide bonds. The zero-order chi connectivity index (χ0) is 11.2. The maximum absolute atomic E-state index is 10.8. The average molecular weight is 236 g/mol. The van der Waals surface area contributed by atoms with E-state index in [-0.39, 0.29) is 11.8 Å². The highest BCUT2D eigenvalue weighted by Gasteiger charge is 2.46. The molecule has 84 valence electrons. The summed E-state index contributed by atoms with van der Waals surface area (Å²) in [5, 5.41) is 8.91. The van der Waals surface area contributed by atoms with Gasteiger partial charge in [0, 0.05) is 5.41 Å². The van der Waals surface area contributed by atoms with Crippen LogP contribution in [-0.4, -0.2) is 17.0 Å². The number of thioether (sulfide) groups is 1. The summed E-state index contributed by atoms with van der Waals surface area (Å²) in [6, 6.07) is 6.12. The molecule has 1 fully saturated rings. The molecule has 3 rings (SSSR count). The quantitative estimate of drug-likeness (QED) is 0.876. The first-order valence-corrected chi connectivity index (χ1v) is 6.30. The summed E-state index contributed by atoms with van der Waals surface area (Å²) in [6.07, 6.45) is 2.19. The third kappa shape index (κ3) is 1.57. The van der Waals surface area contributed by atoms with E-state index in [0.717, 1.165) is 29.1 Å². The number of ether oxygens (including phenoxy) is 1. The van der Waals surface area contributed by atoms with Crippen molar-refractivity contribution in [3.8, 4) is 5.75 Å². The lowest BCUT2D eigenvalue weighted by Gasteiger charge is -2.13. The molecule has 1 N–H and O–H groups in total. The number of aliphatic carboxylic acids is 1. The summed E-state index contributed by atoms with van der Waals surface area (Å²) in [7, 11) is 0. The zero-order valence-electron chi connectivity index (χ0n) is 8.73. The molecule has 0 saturated heterocycles.